The summed E-state index contributed by atoms with van der Waals surface area (Å²) in [5.41, 5.74) is 0.144. The van der Waals surface area contributed by atoms with E-state index in [1.54, 1.807) is 17.9 Å². The standard InChI is InChI=1S/C17H23N3O3/c1-4-19-7-9-20(10-8-19)16(22)17(3)15(21)18-13-11-12(2)5-6-14(13)23-17/h5-6,11H,4,7-10H2,1-3H3,(H,18,21)/t17-/m1/s1. The Morgan fingerprint density at radius 3 is 2.65 bits per heavy atom. The molecule has 1 aromatic carbocycles. The number of amides is 2. The monoisotopic (exact) mass is 317 g/mol. The second kappa shape index (κ2) is 5.85. The molecule has 2 aliphatic rings. The number of piperazine rings is 1. The quantitative estimate of drug-likeness (QED) is 0.834. The van der Waals surface area contributed by atoms with Gasteiger partial charge in [0.1, 0.15) is 5.75 Å². The van der Waals surface area contributed by atoms with Crippen molar-refractivity contribution in [3.05, 3.63) is 23.8 Å². The van der Waals surface area contributed by atoms with Gasteiger partial charge in [0.05, 0.1) is 5.69 Å². The van der Waals surface area contributed by atoms with E-state index < -0.39 is 11.5 Å². The van der Waals surface area contributed by atoms with Crippen LogP contribution in [0.1, 0.15) is 19.4 Å². The zero-order valence-electron chi connectivity index (χ0n) is 13.9. The van der Waals surface area contributed by atoms with Crippen LogP contribution in [-0.4, -0.2) is 59.9 Å². The Hall–Kier alpha value is -2.08. The molecule has 0 radical (unpaired) electrons. The highest BCUT2D eigenvalue weighted by Gasteiger charge is 2.49. The maximum absolute atomic E-state index is 12.9. The number of hydrogen-bond acceptors (Lipinski definition) is 4. The first-order valence-corrected chi connectivity index (χ1v) is 8.07. The van der Waals surface area contributed by atoms with Crippen LogP contribution in [0, 0.1) is 6.92 Å². The van der Waals surface area contributed by atoms with Crippen molar-refractivity contribution in [1.29, 1.82) is 0 Å². The fourth-order valence-electron chi connectivity index (χ4n) is 3.05. The van der Waals surface area contributed by atoms with E-state index in [0.29, 0.717) is 24.5 Å². The number of carbonyl (C=O) groups excluding carboxylic acids is 2. The minimum Gasteiger partial charge on any atom is -0.466 e. The third-order valence-corrected chi connectivity index (χ3v) is 4.65. The predicted octanol–water partition coefficient (Wildman–Crippen LogP) is 1.25. The number of nitrogens with zero attached hydrogens (tertiary/aromatic N) is 2. The maximum Gasteiger partial charge on any atom is 0.278 e. The summed E-state index contributed by atoms with van der Waals surface area (Å²) >= 11 is 0. The Bertz CT molecular complexity index is 638. The van der Waals surface area contributed by atoms with Crippen LogP contribution in [0.4, 0.5) is 5.69 Å². The lowest BCUT2D eigenvalue weighted by atomic mass is 10.00. The molecule has 0 unspecified atom stereocenters. The number of ether oxygens (including phenoxy) is 1. The molecule has 1 aromatic rings. The van der Waals surface area contributed by atoms with Gasteiger partial charge in [0.2, 0.25) is 0 Å². The average molecular weight is 317 g/mol. The molecule has 3 rings (SSSR count). The smallest absolute Gasteiger partial charge is 0.278 e. The second-order valence-corrected chi connectivity index (χ2v) is 6.32. The highest BCUT2D eigenvalue weighted by molar-refractivity contribution is 6.15. The lowest BCUT2D eigenvalue weighted by Crippen LogP contribution is -2.62. The van der Waals surface area contributed by atoms with Crippen LogP contribution < -0.4 is 10.1 Å². The summed E-state index contributed by atoms with van der Waals surface area (Å²) in [4.78, 5) is 29.4. The summed E-state index contributed by atoms with van der Waals surface area (Å²) in [5.74, 6) is -0.131. The molecular formula is C17H23N3O3. The maximum atomic E-state index is 12.9. The average Bonchev–Trinajstić information content (AvgIpc) is 2.56. The SMILES string of the molecule is CCN1CCN(C(=O)[C@]2(C)Oc3ccc(C)cc3NC2=O)CC1. The summed E-state index contributed by atoms with van der Waals surface area (Å²) in [6.07, 6.45) is 0. The number of likely N-dealkylation sites (N-methyl/N-ethyl adjacent to an activating group) is 1. The van der Waals surface area contributed by atoms with Crippen molar-refractivity contribution in [2.45, 2.75) is 26.4 Å². The molecule has 6 heteroatoms. The Balaban J connectivity index is 1.80. The van der Waals surface area contributed by atoms with Crippen LogP contribution in [-0.2, 0) is 9.59 Å². The molecule has 1 atom stereocenters. The van der Waals surface area contributed by atoms with Gasteiger partial charge in [-0.3, -0.25) is 9.59 Å². The first-order chi connectivity index (χ1) is 10.9. The van der Waals surface area contributed by atoms with Gasteiger partial charge < -0.3 is 19.9 Å². The van der Waals surface area contributed by atoms with Crippen LogP contribution in [0.2, 0.25) is 0 Å². The zero-order valence-corrected chi connectivity index (χ0v) is 13.9. The first kappa shape index (κ1) is 15.8. The molecule has 2 heterocycles. The number of nitrogens with one attached hydrogen (secondary N) is 1. The summed E-state index contributed by atoms with van der Waals surface area (Å²) in [5, 5.41) is 2.81. The largest absolute Gasteiger partial charge is 0.466 e. The lowest BCUT2D eigenvalue weighted by Gasteiger charge is -2.40. The molecule has 6 nitrogen and oxygen atoms in total. The van der Waals surface area contributed by atoms with Crippen LogP contribution in [0.15, 0.2) is 18.2 Å². The molecule has 23 heavy (non-hydrogen) atoms. The Morgan fingerprint density at radius 1 is 1.30 bits per heavy atom. The molecule has 1 fully saturated rings. The van der Waals surface area contributed by atoms with Gasteiger partial charge >= 0.3 is 0 Å². The van der Waals surface area contributed by atoms with Gasteiger partial charge in [-0.05, 0) is 38.1 Å². The molecule has 0 bridgehead atoms. The molecule has 0 saturated carbocycles. The van der Waals surface area contributed by atoms with Gasteiger partial charge in [-0.15, -0.1) is 0 Å². The zero-order chi connectivity index (χ0) is 16.6. The lowest BCUT2D eigenvalue weighted by molar-refractivity contribution is -0.155. The Labute approximate surface area is 136 Å². The fourth-order valence-corrected chi connectivity index (χ4v) is 3.05. The van der Waals surface area contributed by atoms with Crippen molar-refractivity contribution in [3.63, 3.8) is 0 Å². The van der Waals surface area contributed by atoms with Crippen LogP contribution in [0.3, 0.4) is 0 Å². The molecule has 124 valence electrons. The topological polar surface area (TPSA) is 61.9 Å². The van der Waals surface area contributed by atoms with E-state index in [0.717, 1.165) is 25.2 Å². The van der Waals surface area contributed by atoms with Crippen molar-refractivity contribution < 1.29 is 14.3 Å². The minimum absolute atomic E-state index is 0.267. The van der Waals surface area contributed by atoms with Crippen LogP contribution in [0.25, 0.3) is 0 Å². The highest BCUT2D eigenvalue weighted by Crippen LogP contribution is 2.35. The van der Waals surface area contributed by atoms with Gasteiger partial charge in [-0.1, -0.05) is 13.0 Å². The van der Waals surface area contributed by atoms with Crippen molar-refractivity contribution in [2.24, 2.45) is 0 Å². The molecule has 0 spiro atoms. The number of carbonyl (C=O) groups is 2. The van der Waals surface area contributed by atoms with Gasteiger partial charge in [0.15, 0.2) is 0 Å². The van der Waals surface area contributed by atoms with E-state index >= 15 is 0 Å². The summed E-state index contributed by atoms with van der Waals surface area (Å²) < 4.78 is 5.84. The number of fused-ring (bicyclic) bond motifs is 1. The van der Waals surface area contributed by atoms with Gasteiger partial charge in [0, 0.05) is 26.2 Å². The molecular weight excluding hydrogens is 294 g/mol. The van der Waals surface area contributed by atoms with E-state index in [4.69, 9.17) is 4.74 Å². The third kappa shape index (κ3) is 2.79. The van der Waals surface area contributed by atoms with Crippen molar-refractivity contribution in [1.82, 2.24) is 9.80 Å². The first-order valence-electron chi connectivity index (χ1n) is 8.07. The summed E-state index contributed by atoms with van der Waals surface area (Å²) in [6.45, 7) is 9.49. The third-order valence-electron chi connectivity index (χ3n) is 4.65. The van der Waals surface area contributed by atoms with E-state index in [9.17, 15) is 9.59 Å². The Morgan fingerprint density at radius 2 is 2.00 bits per heavy atom. The van der Waals surface area contributed by atoms with E-state index in [1.165, 1.54) is 0 Å². The second-order valence-electron chi connectivity index (χ2n) is 6.32. The normalized spacial score (nSPS) is 24.7. The van der Waals surface area contributed by atoms with Crippen molar-refractivity contribution in [3.8, 4) is 5.75 Å². The van der Waals surface area contributed by atoms with E-state index in [-0.39, 0.29) is 5.91 Å². The van der Waals surface area contributed by atoms with Gasteiger partial charge in [-0.25, -0.2) is 0 Å². The molecule has 1 saturated heterocycles. The van der Waals surface area contributed by atoms with Crippen LogP contribution >= 0.6 is 0 Å². The summed E-state index contributed by atoms with van der Waals surface area (Å²) in [7, 11) is 0. The molecule has 0 aromatic heterocycles. The van der Waals surface area contributed by atoms with Gasteiger partial charge in [0.25, 0.3) is 17.4 Å². The number of anilines is 1. The van der Waals surface area contributed by atoms with Gasteiger partial charge in [-0.2, -0.15) is 0 Å². The number of benzene rings is 1. The molecule has 0 aliphatic carbocycles. The van der Waals surface area contributed by atoms with Crippen molar-refractivity contribution in [2.75, 3.05) is 38.0 Å². The predicted molar refractivity (Wildman–Crippen MR) is 87.5 cm³/mol. The Kier molecular flexibility index (Phi) is 4.02. The van der Waals surface area contributed by atoms with Crippen LogP contribution in [0.5, 0.6) is 5.75 Å². The summed E-state index contributed by atoms with van der Waals surface area (Å²) in [6, 6.07) is 5.54. The van der Waals surface area contributed by atoms with E-state index in [1.807, 2.05) is 19.1 Å². The molecule has 2 amide bonds. The number of hydrogen-bond donors (Lipinski definition) is 1. The minimum atomic E-state index is -1.50. The van der Waals surface area contributed by atoms with Crippen molar-refractivity contribution >= 4 is 17.5 Å². The highest BCUT2D eigenvalue weighted by atomic mass is 16.5. The number of rotatable bonds is 2. The van der Waals surface area contributed by atoms with E-state index in [2.05, 4.69) is 17.1 Å². The molecule has 1 N–H and O–H groups in total. The molecule has 2 aliphatic heterocycles. The number of aryl methyl sites for hydroxylation is 1. The fraction of sp³-hybridized carbons (Fsp3) is 0.529.